The lowest BCUT2D eigenvalue weighted by Gasteiger charge is -2.08. The van der Waals surface area contributed by atoms with Crippen LogP contribution in [0.25, 0.3) is 33.0 Å². The number of nitrogens with zero attached hydrogens (tertiary/aromatic N) is 5. The van der Waals surface area contributed by atoms with Gasteiger partial charge in [0, 0.05) is 50.2 Å². The molecule has 166 valence electrons. The van der Waals surface area contributed by atoms with E-state index < -0.39 is 0 Å². The van der Waals surface area contributed by atoms with E-state index >= 15 is 0 Å². The Bertz CT molecular complexity index is 1700. The summed E-state index contributed by atoms with van der Waals surface area (Å²) in [6.45, 7) is 0.613. The number of nitrogens with one attached hydrogen (secondary N) is 2. The predicted octanol–water partition coefficient (Wildman–Crippen LogP) is 6.26. The maximum Gasteiger partial charge on any atom is 0.265 e. The third-order valence-electron chi connectivity index (χ3n) is 5.67. The van der Waals surface area contributed by atoms with Crippen molar-refractivity contribution in [3.05, 3.63) is 94.1 Å². The number of hydrogen-bond donors (Lipinski definition) is 2. The van der Waals surface area contributed by atoms with Gasteiger partial charge in [0.15, 0.2) is 5.65 Å². The highest BCUT2D eigenvalue weighted by atomic mass is 35.5. The number of H-pyrrole nitrogens is 1. The van der Waals surface area contributed by atoms with Gasteiger partial charge in [-0.25, -0.2) is 5.43 Å². The Hall–Kier alpha value is -3.94. The van der Waals surface area contributed by atoms with E-state index in [9.17, 15) is 0 Å². The molecule has 0 fully saturated rings. The zero-order chi connectivity index (χ0) is 23.1. The van der Waals surface area contributed by atoms with Crippen molar-refractivity contribution in [1.82, 2.24) is 24.7 Å². The van der Waals surface area contributed by atoms with E-state index in [1.54, 1.807) is 12.3 Å². The smallest absolute Gasteiger partial charge is 0.265 e. The first kappa shape index (κ1) is 20.7. The molecule has 0 spiro atoms. The highest BCUT2D eigenvalue weighted by Crippen LogP contribution is 2.26. The van der Waals surface area contributed by atoms with Gasteiger partial charge >= 0.3 is 0 Å². The Morgan fingerprint density at radius 2 is 1.79 bits per heavy atom. The minimum atomic E-state index is 0.312. The summed E-state index contributed by atoms with van der Waals surface area (Å²) in [4.78, 5) is 7.76. The van der Waals surface area contributed by atoms with Gasteiger partial charge in [-0.15, -0.1) is 10.2 Å². The highest BCUT2D eigenvalue weighted by Gasteiger charge is 2.10. The van der Waals surface area contributed by atoms with Crippen LogP contribution in [0.3, 0.4) is 0 Å². The van der Waals surface area contributed by atoms with E-state index in [1.807, 2.05) is 54.7 Å². The minimum Gasteiger partial charge on any atom is -0.342 e. The predicted molar refractivity (Wildman–Crippen MR) is 138 cm³/mol. The Morgan fingerprint density at radius 3 is 2.68 bits per heavy atom. The average Bonchev–Trinajstić information content (AvgIpc) is 3.39. The fourth-order valence-electron chi connectivity index (χ4n) is 4.07. The molecule has 0 unspecified atom stereocenters. The molecule has 0 aliphatic rings. The first-order valence-electron chi connectivity index (χ1n) is 10.6. The van der Waals surface area contributed by atoms with Crippen LogP contribution in [0.5, 0.6) is 0 Å². The molecule has 7 nitrogen and oxygen atoms in total. The number of hydrogen-bond acceptors (Lipinski definition) is 5. The molecule has 0 aliphatic heterocycles. The third kappa shape index (κ3) is 3.75. The summed E-state index contributed by atoms with van der Waals surface area (Å²) >= 11 is 12.4. The van der Waals surface area contributed by atoms with Crippen LogP contribution in [-0.4, -0.2) is 30.9 Å². The Morgan fingerprint density at radius 1 is 0.971 bits per heavy atom. The number of aromatic nitrogens is 5. The lowest BCUT2D eigenvalue weighted by molar-refractivity contribution is 0.836. The molecule has 0 radical (unpaired) electrons. The van der Waals surface area contributed by atoms with Crippen LogP contribution in [0.1, 0.15) is 11.1 Å². The molecule has 0 saturated carbocycles. The second-order valence-electron chi connectivity index (χ2n) is 7.84. The summed E-state index contributed by atoms with van der Waals surface area (Å²) in [6, 6.07) is 21.6. The minimum absolute atomic E-state index is 0.312. The number of aromatic amines is 1. The van der Waals surface area contributed by atoms with Gasteiger partial charge in [-0.1, -0.05) is 65.7 Å². The van der Waals surface area contributed by atoms with Crippen molar-refractivity contribution in [3.63, 3.8) is 0 Å². The summed E-state index contributed by atoms with van der Waals surface area (Å²) in [5.74, 6) is 0.312. The van der Waals surface area contributed by atoms with Crippen molar-refractivity contribution in [2.75, 3.05) is 5.43 Å². The molecule has 3 heterocycles. The molecular weight excluding hydrogens is 469 g/mol. The van der Waals surface area contributed by atoms with Gasteiger partial charge in [-0.2, -0.15) is 10.1 Å². The number of benzene rings is 3. The molecule has 3 aromatic heterocycles. The fourth-order valence-corrected chi connectivity index (χ4v) is 4.54. The summed E-state index contributed by atoms with van der Waals surface area (Å²) in [5.41, 5.74) is 8.26. The van der Waals surface area contributed by atoms with E-state index in [1.165, 1.54) is 0 Å². The molecule has 3 aromatic carbocycles. The number of halogens is 2. The Balaban J connectivity index is 1.28. The quantitative estimate of drug-likeness (QED) is 0.223. The molecule has 6 rings (SSSR count). The Kier molecular flexibility index (Phi) is 5.13. The maximum atomic E-state index is 6.40. The summed E-state index contributed by atoms with van der Waals surface area (Å²) < 4.78 is 2.14. The van der Waals surface area contributed by atoms with E-state index in [2.05, 4.69) is 47.4 Å². The van der Waals surface area contributed by atoms with Crippen LogP contribution in [0, 0.1) is 0 Å². The third-order valence-corrected chi connectivity index (χ3v) is 6.25. The molecule has 0 saturated heterocycles. The monoisotopic (exact) mass is 485 g/mol. The summed E-state index contributed by atoms with van der Waals surface area (Å²) in [5, 5.41) is 16.1. The van der Waals surface area contributed by atoms with Crippen molar-refractivity contribution in [2.24, 2.45) is 5.10 Å². The molecule has 0 amide bonds. The lowest BCUT2D eigenvalue weighted by atomic mass is 10.2. The largest absolute Gasteiger partial charge is 0.342 e. The number of hydrazone groups is 1. The molecule has 0 aliphatic carbocycles. The summed E-state index contributed by atoms with van der Waals surface area (Å²) in [7, 11) is 0. The van der Waals surface area contributed by atoms with Crippen molar-refractivity contribution in [1.29, 1.82) is 0 Å². The molecule has 2 N–H and O–H groups in total. The van der Waals surface area contributed by atoms with Gasteiger partial charge in [-0.3, -0.25) is 0 Å². The second kappa shape index (κ2) is 8.44. The molecule has 0 atom stereocenters. The zero-order valence-electron chi connectivity index (χ0n) is 17.7. The molecule has 6 aromatic rings. The van der Waals surface area contributed by atoms with Crippen LogP contribution < -0.4 is 5.43 Å². The van der Waals surface area contributed by atoms with Crippen molar-refractivity contribution in [2.45, 2.75) is 6.54 Å². The molecule has 34 heavy (non-hydrogen) atoms. The van der Waals surface area contributed by atoms with Gasteiger partial charge in [0.25, 0.3) is 5.95 Å². The van der Waals surface area contributed by atoms with Gasteiger partial charge in [0.2, 0.25) is 0 Å². The van der Waals surface area contributed by atoms with Crippen LogP contribution in [0.2, 0.25) is 10.0 Å². The fraction of sp³-hybridized carbons (Fsp3) is 0.0400. The van der Waals surface area contributed by atoms with Gasteiger partial charge in [0.05, 0.1) is 6.21 Å². The van der Waals surface area contributed by atoms with Crippen molar-refractivity contribution in [3.8, 4) is 0 Å². The van der Waals surface area contributed by atoms with Gasteiger partial charge in [-0.05, 0) is 29.8 Å². The highest BCUT2D eigenvalue weighted by molar-refractivity contribution is 6.35. The van der Waals surface area contributed by atoms with Gasteiger partial charge in [0.1, 0.15) is 5.52 Å². The van der Waals surface area contributed by atoms with Crippen LogP contribution in [0.4, 0.5) is 5.95 Å². The first-order chi connectivity index (χ1) is 16.7. The second-order valence-corrected chi connectivity index (χ2v) is 8.68. The number of rotatable bonds is 5. The normalized spacial score (nSPS) is 11.8. The Labute approximate surface area is 204 Å². The van der Waals surface area contributed by atoms with E-state index in [4.69, 9.17) is 23.2 Å². The number of fused-ring (bicyclic) bond motifs is 4. The van der Waals surface area contributed by atoms with E-state index in [-0.39, 0.29) is 0 Å². The standard InChI is InChI=1S/C25H17Cl2N7/c26-17-10-9-15(20(27)11-17)13-34-14-16(18-5-2-4-8-22(18)34)12-28-32-25-30-24-23(31-33-25)19-6-1-3-7-21(19)29-24/h1-12,14H,13H2,(H2,29,30,32,33). The van der Waals surface area contributed by atoms with Gasteiger partial charge < -0.3 is 9.55 Å². The summed E-state index contributed by atoms with van der Waals surface area (Å²) in [6.07, 6.45) is 3.79. The molecular formula is C25H17Cl2N7. The average molecular weight is 486 g/mol. The molecule has 9 heteroatoms. The maximum absolute atomic E-state index is 6.40. The first-order valence-corrected chi connectivity index (χ1v) is 11.3. The van der Waals surface area contributed by atoms with Crippen LogP contribution >= 0.6 is 23.2 Å². The van der Waals surface area contributed by atoms with Crippen molar-refractivity contribution < 1.29 is 0 Å². The van der Waals surface area contributed by atoms with Crippen LogP contribution in [0.15, 0.2) is 78.0 Å². The zero-order valence-corrected chi connectivity index (χ0v) is 19.2. The number of anilines is 1. The lowest BCUT2D eigenvalue weighted by Crippen LogP contribution is -1.99. The SMILES string of the molecule is Clc1ccc(Cn2cc(C=NNc3nnc4c(n3)[nH]c3ccccc34)c3ccccc32)c(Cl)c1. The molecule has 0 bridgehead atoms. The van der Waals surface area contributed by atoms with E-state index in [0.29, 0.717) is 28.2 Å². The topological polar surface area (TPSA) is 83.8 Å². The van der Waals surface area contributed by atoms with Crippen molar-refractivity contribution >= 4 is 68.3 Å². The van der Waals surface area contributed by atoms with Crippen LogP contribution in [-0.2, 0) is 6.54 Å². The number of para-hydroxylation sites is 2. The van der Waals surface area contributed by atoms with E-state index in [0.717, 1.165) is 38.4 Å².